The standard InChI is InChI=1S/C9H12N2O5S/c10-11-8-5-6(17(15,16)4-3-12)1-2-7(8)9(13)14/h1-2,5,11-12H,3-4,10H2,(H,13,14). The number of nitrogens with one attached hydrogen (secondary N) is 1. The van der Waals surface area contributed by atoms with Crippen molar-refractivity contribution in [1.82, 2.24) is 0 Å². The second-order valence-electron chi connectivity index (χ2n) is 3.20. The summed E-state index contributed by atoms with van der Waals surface area (Å²) in [6.45, 7) is -0.506. The molecule has 0 aliphatic heterocycles. The highest BCUT2D eigenvalue weighted by atomic mass is 32.2. The number of nitrogen functional groups attached to an aromatic ring is 1. The minimum absolute atomic E-state index is 0.00323. The summed E-state index contributed by atoms with van der Waals surface area (Å²) in [4.78, 5) is 10.7. The molecule has 0 radical (unpaired) electrons. The maximum Gasteiger partial charge on any atom is 0.337 e. The van der Waals surface area contributed by atoms with E-state index in [1.54, 1.807) is 0 Å². The highest BCUT2D eigenvalue weighted by Gasteiger charge is 2.17. The van der Waals surface area contributed by atoms with Crippen LogP contribution in [-0.4, -0.2) is 37.0 Å². The molecule has 17 heavy (non-hydrogen) atoms. The summed E-state index contributed by atoms with van der Waals surface area (Å²) in [5.74, 6) is 3.47. The van der Waals surface area contributed by atoms with Gasteiger partial charge in [-0.3, -0.25) is 5.84 Å². The van der Waals surface area contributed by atoms with E-state index in [1.165, 1.54) is 0 Å². The Kier molecular flexibility index (Phi) is 4.05. The molecule has 94 valence electrons. The highest BCUT2D eigenvalue weighted by molar-refractivity contribution is 7.91. The smallest absolute Gasteiger partial charge is 0.337 e. The van der Waals surface area contributed by atoms with E-state index in [0.29, 0.717) is 0 Å². The summed E-state index contributed by atoms with van der Waals surface area (Å²) in [6, 6.07) is 3.42. The largest absolute Gasteiger partial charge is 0.478 e. The minimum atomic E-state index is -3.62. The number of hydrogen-bond donors (Lipinski definition) is 4. The molecule has 1 aromatic rings. The summed E-state index contributed by atoms with van der Waals surface area (Å²) in [5.41, 5.74) is 1.99. The van der Waals surface area contributed by atoms with Crippen LogP contribution in [0.1, 0.15) is 10.4 Å². The van der Waals surface area contributed by atoms with Gasteiger partial charge in [-0.25, -0.2) is 13.2 Å². The van der Waals surface area contributed by atoms with E-state index in [1.807, 2.05) is 0 Å². The van der Waals surface area contributed by atoms with Crippen molar-refractivity contribution in [3.8, 4) is 0 Å². The van der Waals surface area contributed by atoms with Gasteiger partial charge in [-0.15, -0.1) is 0 Å². The Labute approximate surface area is 97.8 Å². The first-order chi connectivity index (χ1) is 7.92. The van der Waals surface area contributed by atoms with Gasteiger partial charge in [0.1, 0.15) is 0 Å². The van der Waals surface area contributed by atoms with E-state index in [9.17, 15) is 13.2 Å². The van der Waals surface area contributed by atoms with E-state index in [-0.39, 0.29) is 16.1 Å². The molecule has 0 saturated carbocycles. The number of hydrazine groups is 1. The van der Waals surface area contributed by atoms with Gasteiger partial charge in [-0.05, 0) is 18.2 Å². The zero-order chi connectivity index (χ0) is 13.1. The van der Waals surface area contributed by atoms with Crippen LogP contribution in [0.3, 0.4) is 0 Å². The average molecular weight is 260 g/mol. The van der Waals surface area contributed by atoms with Gasteiger partial charge in [0.2, 0.25) is 0 Å². The molecule has 0 aliphatic carbocycles. The summed E-state index contributed by atoms with van der Waals surface area (Å²) in [5, 5.41) is 17.4. The van der Waals surface area contributed by atoms with Crippen LogP contribution in [0.4, 0.5) is 5.69 Å². The zero-order valence-electron chi connectivity index (χ0n) is 8.75. The normalized spacial score (nSPS) is 11.2. The van der Waals surface area contributed by atoms with E-state index in [0.717, 1.165) is 18.2 Å². The number of rotatable bonds is 5. The minimum Gasteiger partial charge on any atom is -0.478 e. The molecule has 0 heterocycles. The van der Waals surface area contributed by atoms with Crippen molar-refractivity contribution in [3.05, 3.63) is 23.8 Å². The molecule has 0 bridgehead atoms. The SMILES string of the molecule is NNc1cc(S(=O)(=O)CCO)ccc1C(=O)O. The molecule has 0 saturated heterocycles. The van der Waals surface area contributed by atoms with E-state index < -0.39 is 28.2 Å². The Hall–Kier alpha value is -1.64. The molecule has 0 unspecified atom stereocenters. The first-order valence-electron chi connectivity index (χ1n) is 4.60. The van der Waals surface area contributed by atoms with Crippen LogP contribution < -0.4 is 11.3 Å². The average Bonchev–Trinajstić information content (AvgIpc) is 2.27. The van der Waals surface area contributed by atoms with Crippen molar-refractivity contribution in [2.75, 3.05) is 17.8 Å². The number of hydrogen-bond acceptors (Lipinski definition) is 6. The number of aliphatic hydroxyl groups is 1. The lowest BCUT2D eigenvalue weighted by Crippen LogP contribution is -2.15. The number of sulfone groups is 1. The number of benzene rings is 1. The third kappa shape index (κ3) is 2.93. The predicted molar refractivity (Wildman–Crippen MR) is 60.4 cm³/mol. The summed E-state index contributed by atoms with van der Waals surface area (Å²) in [6.07, 6.45) is 0. The summed E-state index contributed by atoms with van der Waals surface area (Å²) in [7, 11) is -3.62. The Morgan fingerprint density at radius 1 is 1.41 bits per heavy atom. The summed E-state index contributed by atoms with van der Waals surface area (Å²) >= 11 is 0. The number of anilines is 1. The van der Waals surface area contributed by atoms with Gasteiger partial charge in [0.05, 0.1) is 28.5 Å². The topological polar surface area (TPSA) is 130 Å². The molecule has 1 aromatic carbocycles. The summed E-state index contributed by atoms with van der Waals surface area (Å²) < 4.78 is 23.2. The van der Waals surface area contributed by atoms with Gasteiger partial charge in [0.15, 0.2) is 9.84 Å². The zero-order valence-corrected chi connectivity index (χ0v) is 9.57. The first kappa shape index (κ1) is 13.4. The van der Waals surface area contributed by atoms with Crippen molar-refractivity contribution in [2.45, 2.75) is 4.90 Å². The number of carboxylic acid groups (broad SMARTS) is 1. The molecule has 1 rings (SSSR count). The van der Waals surface area contributed by atoms with Crippen LogP contribution in [0.2, 0.25) is 0 Å². The van der Waals surface area contributed by atoms with Crippen LogP contribution in [0.25, 0.3) is 0 Å². The van der Waals surface area contributed by atoms with Gasteiger partial charge in [-0.2, -0.15) is 0 Å². The first-order valence-corrected chi connectivity index (χ1v) is 6.25. The van der Waals surface area contributed by atoms with Gasteiger partial charge in [0.25, 0.3) is 0 Å². The van der Waals surface area contributed by atoms with Crippen molar-refractivity contribution in [3.63, 3.8) is 0 Å². The second-order valence-corrected chi connectivity index (χ2v) is 5.31. The number of aliphatic hydroxyl groups excluding tert-OH is 1. The quantitative estimate of drug-likeness (QED) is 0.412. The van der Waals surface area contributed by atoms with Crippen molar-refractivity contribution < 1.29 is 23.4 Å². The molecule has 0 amide bonds. The number of carbonyl (C=O) groups is 1. The molecule has 0 fully saturated rings. The molecule has 0 spiro atoms. The van der Waals surface area contributed by atoms with Gasteiger partial charge in [-0.1, -0.05) is 0 Å². The highest BCUT2D eigenvalue weighted by Crippen LogP contribution is 2.21. The lowest BCUT2D eigenvalue weighted by Gasteiger charge is -2.08. The van der Waals surface area contributed by atoms with Gasteiger partial charge >= 0.3 is 5.97 Å². The monoisotopic (exact) mass is 260 g/mol. The van der Waals surface area contributed by atoms with Crippen molar-refractivity contribution in [1.29, 1.82) is 0 Å². The molecule has 5 N–H and O–H groups in total. The predicted octanol–water partition coefficient (Wildman–Crippen LogP) is -0.564. The van der Waals surface area contributed by atoms with Crippen molar-refractivity contribution in [2.24, 2.45) is 5.84 Å². The Bertz CT molecular complexity index is 526. The maximum atomic E-state index is 11.6. The fourth-order valence-corrected chi connectivity index (χ4v) is 2.31. The Morgan fingerprint density at radius 3 is 2.53 bits per heavy atom. The Morgan fingerprint density at radius 2 is 2.06 bits per heavy atom. The number of nitrogens with two attached hydrogens (primary N) is 1. The molecule has 0 aliphatic rings. The van der Waals surface area contributed by atoms with Crippen LogP contribution >= 0.6 is 0 Å². The van der Waals surface area contributed by atoms with Crippen molar-refractivity contribution >= 4 is 21.5 Å². The second kappa shape index (κ2) is 5.13. The number of carboxylic acids is 1. The third-order valence-corrected chi connectivity index (χ3v) is 3.79. The van der Waals surface area contributed by atoms with E-state index >= 15 is 0 Å². The third-order valence-electron chi connectivity index (χ3n) is 2.10. The fourth-order valence-electron chi connectivity index (χ4n) is 1.26. The van der Waals surface area contributed by atoms with E-state index in [4.69, 9.17) is 16.1 Å². The lowest BCUT2D eigenvalue weighted by molar-refractivity contribution is 0.0698. The maximum absolute atomic E-state index is 11.6. The Balaban J connectivity index is 3.27. The number of aromatic carboxylic acids is 1. The molecule has 8 heteroatoms. The fraction of sp³-hybridized carbons (Fsp3) is 0.222. The molecular weight excluding hydrogens is 248 g/mol. The molecular formula is C9H12N2O5S. The van der Waals surface area contributed by atoms with E-state index in [2.05, 4.69) is 5.43 Å². The van der Waals surface area contributed by atoms with Crippen LogP contribution in [0.15, 0.2) is 23.1 Å². The van der Waals surface area contributed by atoms with Crippen LogP contribution in [-0.2, 0) is 9.84 Å². The lowest BCUT2D eigenvalue weighted by atomic mass is 10.2. The molecule has 0 aromatic heterocycles. The molecule has 0 atom stereocenters. The molecule has 7 nitrogen and oxygen atoms in total. The van der Waals surface area contributed by atoms with Gasteiger partial charge < -0.3 is 15.6 Å². The van der Waals surface area contributed by atoms with Crippen LogP contribution in [0, 0.1) is 0 Å². The van der Waals surface area contributed by atoms with Crippen LogP contribution in [0.5, 0.6) is 0 Å². The van der Waals surface area contributed by atoms with Gasteiger partial charge in [0, 0.05) is 0 Å².